The standard InChI is InChI=1S/C12H14BrN5O/c1-7(2)12-16-10(18-14)4-11(17-12)19-9-3-8(13)5-15-6-9/h3-7H,14H2,1-2H3,(H,16,17,18). The third kappa shape index (κ3) is 3.62. The van der Waals surface area contributed by atoms with Crippen LogP contribution in [0.3, 0.4) is 0 Å². The number of anilines is 1. The third-order valence-corrected chi connectivity index (χ3v) is 2.72. The molecule has 0 spiro atoms. The van der Waals surface area contributed by atoms with E-state index in [2.05, 4.69) is 36.3 Å². The molecule has 100 valence electrons. The summed E-state index contributed by atoms with van der Waals surface area (Å²) in [6.07, 6.45) is 3.29. The van der Waals surface area contributed by atoms with Crippen molar-refractivity contribution in [2.75, 3.05) is 5.43 Å². The van der Waals surface area contributed by atoms with Crippen molar-refractivity contribution in [1.82, 2.24) is 15.0 Å². The number of nitrogen functional groups attached to an aromatic ring is 1. The second-order valence-corrected chi connectivity index (χ2v) is 5.11. The first-order valence-electron chi connectivity index (χ1n) is 5.72. The molecule has 0 radical (unpaired) electrons. The molecular formula is C12H14BrN5O. The minimum Gasteiger partial charge on any atom is -0.437 e. The van der Waals surface area contributed by atoms with Crippen LogP contribution in [0, 0.1) is 0 Å². The highest BCUT2D eigenvalue weighted by Gasteiger charge is 2.09. The molecule has 0 unspecified atom stereocenters. The Morgan fingerprint density at radius 2 is 2.05 bits per heavy atom. The van der Waals surface area contributed by atoms with Gasteiger partial charge in [-0.25, -0.2) is 10.8 Å². The predicted molar refractivity (Wildman–Crippen MR) is 75.9 cm³/mol. The lowest BCUT2D eigenvalue weighted by Gasteiger charge is -2.10. The van der Waals surface area contributed by atoms with E-state index in [-0.39, 0.29) is 5.92 Å². The van der Waals surface area contributed by atoms with Gasteiger partial charge < -0.3 is 10.2 Å². The summed E-state index contributed by atoms with van der Waals surface area (Å²) in [5.41, 5.74) is 2.50. The molecule has 0 aliphatic rings. The molecule has 0 saturated heterocycles. The fourth-order valence-corrected chi connectivity index (χ4v) is 1.74. The molecular weight excluding hydrogens is 310 g/mol. The van der Waals surface area contributed by atoms with Crippen LogP contribution in [0.25, 0.3) is 0 Å². The summed E-state index contributed by atoms with van der Waals surface area (Å²) in [5.74, 6) is 7.75. The van der Waals surface area contributed by atoms with Crippen LogP contribution >= 0.6 is 15.9 Å². The Morgan fingerprint density at radius 3 is 2.68 bits per heavy atom. The van der Waals surface area contributed by atoms with E-state index in [9.17, 15) is 0 Å². The second-order valence-electron chi connectivity index (χ2n) is 4.19. The van der Waals surface area contributed by atoms with Gasteiger partial charge in [-0.3, -0.25) is 4.98 Å². The first kappa shape index (κ1) is 13.7. The van der Waals surface area contributed by atoms with Gasteiger partial charge >= 0.3 is 0 Å². The summed E-state index contributed by atoms with van der Waals surface area (Å²) in [5, 5.41) is 0. The maximum absolute atomic E-state index is 5.65. The molecule has 2 aromatic rings. The van der Waals surface area contributed by atoms with Crippen LogP contribution in [-0.4, -0.2) is 15.0 Å². The first-order chi connectivity index (χ1) is 9.08. The van der Waals surface area contributed by atoms with E-state index >= 15 is 0 Å². The van der Waals surface area contributed by atoms with Gasteiger partial charge in [0, 0.05) is 22.7 Å². The summed E-state index contributed by atoms with van der Waals surface area (Å²) in [6, 6.07) is 3.44. The van der Waals surface area contributed by atoms with Gasteiger partial charge in [0.15, 0.2) is 0 Å². The zero-order chi connectivity index (χ0) is 13.8. The Balaban J connectivity index is 2.31. The number of rotatable bonds is 4. The number of halogens is 1. The van der Waals surface area contributed by atoms with Crippen molar-refractivity contribution in [3.63, 3.8) is 0 Å². The number of hydrazine groups is 1. The SMILES string of the molecule is CC(C)c1nc(NN)cc(Oc2cncc(Br)c2)n1. The topological polar surface area (TPSA) is 86.0 Å². The summed E-state index contributed by atoms with van der Waals surface area (Å²) >= 11 is 3.33. The maximum atomic E-state index is 5.65. The molecule has 0 aromatic carbocycles. The highest BCUT2D eigenvalue weighted by molar-refractivity contribution is 9.10. The monoisotopic (exact) mass is 323 g/mol. The molecule has 2 aromatic heterocycles. The number of nitrogens with one attached hydrogen (secondary N) is 1. The zero-order valence-electron chi connectivity index (χ0n) is 10.6. The fraction of sp³-hybridized carbons (Fsp3) is 0.250. The Morgan fingerprint density at radius 1 is 1.26 bits per heavy atom. The Labute approximate surface area is 119 Å². The van der Waals surface area contributed by atoms with Crippen LogP contribution in [0.1, 0.15) is 25.6 Å². The second kappa shape index (κ2) is 5.94. The Bertz CT molecular complexity index is 576. The molecule has 19 heavy (non-hydrogen) atoms. The fourth-order valence-electron chi connectivity index (χ4n) is 1.40. The number of aromatic nitrogens is 3. The normalized spacial score (nSPS) is 10.6. The van der Waals surface area contributed by atoms with E-state index in [1.165, 1.54) is 0 Å². The maximum Gasteiger partial charge on any atom is 0.224 e. The molecule has 0 saturated carbocycles. The molecule has 2 heterocycles. The van der Waals surface area contributed by atoms with Crippen LogP contribution in [-0.2, 0) is 0 Å². The van der Waals surface area contributed by atoms with Crippen molar-refractivity contribution < 1.29 is 4.74 Å². The minimum absolute atomic E-state index is 0.177. The van der Waals surface area contributed by atoms with Gasteiger partial charge in [0.25, 0.3) is 0 Å². The average molecular weight is 324 g/mol. The lowest BCUT2D eigenvalue weighted by Crippen LogP contribution is -2.11. The predicted octanol–water partition coefficient (Wildman–Crippen LogP) is 2.84. The van der Waals surface area contributed by atoms with Crippen LogP contribution in [0.2, 0.25) is 0 Å². The van der Waals surface area contributed by atoms with Crippen molar-refractivity contribution in [3.8, 4) is 11.6 Å². The highest BCUT2D eigenvalue weighted by atomic mass is 79.9. The number of nitrogens with zero attached hydrogens (tertiary/aromatic N) is 3. The van der Waals surface area contributed by atoms with E-state index in [4.69, 9.17) is 10.6 Å². The third-order valence-electron chi connectivity index (χ3n) is 2.29. The van der Waals surface area contributed by atoms with Crippen LogP contribution in [0.4, 0.5) is 5.82 Å². The van der Waals surface area contributed by atoms with Crippen molar-refractivity contribution in [2.45, 2.75) is 19.8 Å². The largest absolute Gasteiger partial charge is 0.437 e. The Kier molecular flexibility index (Phi) is 4.28. The van der Waals surface area contributed by atoms with Gasteiger partial charge in [-0.15, -0.1) is 0 Å². The van der Waals surface area contributed by atoms with Crippen LogP contribution < -0.4 is 16.0 Å². The van der Waals surface area contributed by atoms with Crippen LogP contribution in [0.15, 0.2) is 29.0 Å². The summed E-state index contributed by atoms with van der Waals surface area (Å²) in [6.45, 7) is 4.00. The molecule has 3 N–H and O–H groups in total. The number of nitrogens with two attached hydrogens (primary N) is 1. The van der Waals surface area contributed by atoms with Gasteiger partial charge in [-0.05, 0) is 22.0 Å². The van der Waals surface area contributed by atoms with Gasteiger partial charge in [-0.2, -0.15) is 4.98 Å². The number of ether oxygens (including phenoxy) is 1. The number of hydrogen-bond donors (Lipinski definition) is 2. The summed E-state index contributed by atoms with van der Waals surface area (Å²) in [4.78, 5) is 12.6. The quantitative estimate of drug-likeness (QED) is 0.664. The van der Waals surface area contributed by atoms with Crippen molar-refractivity contribution >= 4 is 21.7 Å². The first-order valence-corrected chi connectivity index (χ1v) is 6.52. The summed E-state index contributed by atoms with van der Waals surface area (Å²) in [7, 11) is 0. The van der Waals surface area contributed by atoms with Gasteiger partial charge in [0.2, 0.25) is 5.88 Å². The summed E-state index contributed by atoms with van der Waals surface area (Å²) < 4.78 is 6.49. The van der Waals surface area contributed by atoms with Crippen molar-refractivity contribution in [1.29, 1.82) is 0 Å². The number of hydrogen-bond acceptors (Lipinski definition) is 6. The van der Waals surface area contributed by atoms with Gasteiger partial charge in [-0.1, -0.05) is 13.8 Å². The molecule has 0 bridgehead atoms. The lowest BCUT2D eigenvalue weighted by atomic mass is 10.2. The van der Waals surface area contributed by atoms with E-state index < -0.39 is 0 Å². The van der Waals surface area contributed by atoms with Crippen molar-refractivity contribution in [2.24, 2.45) is 5.84 Å². The Hall–Kier alpha value is -1.73. The molecule has 6 nitrogen and oxygen atoms in total. The van der Waals surface area contributed by atoms with Crippen molar-refractivity contribution in [3.05, 3.63) is 34.8 Å². The van der Waals surface area contributed by atoms with E-state index in [0.717, 1.165) is 4.47 Å². The highest BCUT2D eigenvalue weighted by Crippen LogP contribution is 2.24. The molecule has 0 aliphatic carbocycles. The molecule has 0 aliphatic heterocycles. The van der Waals surface area contributed by atoms with E-state index in [1.54, 1.807) is 24.5 Å². The average Bonchev–Trinajstić information content (AvgIpc) is 2.38. The molecule has 0 atom stereocenters. The molecule has 0 amide bonds. The smallest absolute Gasteiger partial charge is 0.224 e. The lowest BCUT2D eigenvalue weighted by molar-refractivity contribution is 0.455. The van der Waals surface area contributed by atoms with E-state index in [1.807, 2.05) is 13.8 Å². The zero-order valence-corrected chi connectivity index (χ0v) is 12.2. The molecule has 2 rings (SSSR count). The minimum atomic E-state index is 0.177. The van der Waals surface area contributed by atoms with Gasteiger partial charge in [0.05, 0.1) is 6.20 Å². The number of pyridine rings is 1. The van der Waals surface area contributed by atoms with Crippen LogP contribution in [0.5, 0.6) is 11.6 Å². The molecule has 7 heteroatoms. The molecule has 0 fully saturated rings. The van der Waals surface area contributed by atoms with E-state index in [0.29, 0.717) is 23.3 Å². The van der Waals surface area contributed by atoms with Gasteiger partial charge in [0.1, 0.15) is 17.4 Å².